The maximum atomic E-state index is 5.64. The minimum absolute atomic E-state index is 0.592. The third-order valence-electron chi connectivity index (χ3n) is 3.83. The van der Waals surface area contributed by atoms with E-state index in [1.54, 1.807) is 0 Å². The molecule has 0 aliphatic heterocycles. The van der Waals surface area contributed by atoms with Gasteiger partial charge in [-0.3, -0.25) is 0 Å². The molecule has 0 radical (unpaired) electrons. The second-order valence-corrected chi connectivity index (χ2v) is 5.51. The van der Waals surface area contributed by atoms with Gasteiger partial charge in [-0.25, -0.2) is 0 Å². The summed E-state index contributed by atoms with van der Waals surface area (Å²) in [6, 6.07) is 14.7. The predicted molar refractivity (Wildman–Crippen MR) is 96.3 cm³/mol. The summed E-state index contributed by atoms with van der Waals surface area (Å²) < 4.78 is 10.9. The Morgan fingerprint density at radius 1 is 0.957 bits per heavy atom. The molecule has 0 spiro atoms. The summed E-state index contributed by atoms with van der Waals surface area (Å²) in [5.74, 6) is 0.888. The molecular weight excluding hydrogens is 286 g/mol. The molecule has 0 aromatic heterocycles. The fraction of sp³-hybridized carbons (Fsp3) is 0.400. The molecule has 1 N–H and O–H groups in total. The van der Waals surface area contributed by atoms with Gasteiger partial charge in [0.25, 0.3) is 0 Å². The van der Waals surface area contributed by atoms with Crippen LogP contribution in [0.2, 0.25) is 0 Å². The number of para-hydroxylation sites is 1. The number of rotatable bonds is 9. The van der Waals surface area contributed by atoms with E-state index in [4.69, 9.17) is 9.47 Å². The fourth-order valence-electron chi connectivity index (χ4n) is 2.53. The van der Waals surface area contributed by atoms with Crippen LogP contribution >= 0.6 is 0 Å². The highest BCUT2D eigenvalue weighted by Crippen LogP contribution is 2.22. The molecule has 0 amide bonds. The minimum Gasteiger partial charge on any atom is -0.491 e. The fourth-order valence-corrected chi connectivity index (χ4v) is 2.53. The van der Waals surface area contributed by atoms with Crippen molar-refractivity contribution < 1.29 is 9.47 Å². The monoisotopic (exact) mass is 313 g/mol. The summed E-state index contributed by atoms with van der Waals surface area (Å²) in [6.07, 6.45) is 1.04. The molecule has 0 aliphatic carbocycles. The summed E-state index contributed by atoms with van der Waals surface area (Å²) in [7, 11) is 0. The lowest BCUT2D eigenvalue weighted by molar-refractivity contribution is 0.110. The Morgan fingerprint density at radius 3 is 2.43 bits per heavy atom. The highest BCUT2D eigenvalue weighted by atomic mass is 16.5. The van der Waals surface area contributed by atoms with E-state index < -0.39 is 0 Å². The van der Waals surface area contributed by atoms with Gasteiger partial charge in [0.1, 0.15) is 12.4 Å². The Hall–Kier alpha value is -2.00. The number of anilines is 1. The quantitative estimate of drug-likeness (QED) is 0.687. The lowest BCUT2D eigenvalue weighted by Gasteiger charge is -2.14. The Bertz CT molecular complexity index is 593. The minimum atomic E-state index is 0.592. The number of aryl methyl sites for hydroxylation is 2. The van der Waals surface area contributed by atoms with Gasteiger partial charge >= 0.3 is 0 Å². The summed E-state index contributed by atoms with van der Waals surface area (Å²) >= 11 is 0. The normalized spacial score (nSPS) is 10.6. The van der Waals surface area contributed by atoms with Crippen molar-refractivity contribution in [2.45, 2.75) is 33.7 Å². The van der Waals surface area contributed by atoms with Gasteiger partial charge in [-0.2, -0.15) is 0 Å². The first kappa shape index (κ1) is 17.4. The van der Waals surface area contributed by atoms with Crippen LogP contribution in [0.1, 0.15) is 30.5 Å². The van der Waals surface area contributed by atoms with Gasteiger partial charge in [-0.1, -0.05) is 37.3 Å². The molecule has 0 bridgehead atoms. The lowest BCUT2D eigenvalue weighted by Crippen LogP contribution is -2.06. The van der Waals surface area contributed by atoms with Crippen molar-refractivity contribution in [3.8, 4) is 5.75 Å². The van der Waals surface area contributed by atoms with Crippen LogP contribution in [0.3, 0.4) is 0 Å². The molecule has 2 rings (SSSR count). The molecule has 2 aromatic rings. The molecule has 0 atom stereocenters. The zero-order valence-corrected chi connectivity index (χ0v) is 14.4. The van der Waals surface area contributed by atoms with Crippen LogP contribution in [-0.2, 0) is 17.7 Å². The number of nitrogens with one attached hydrogen (secondary N) is 1. The molecule has 0 unspecified atom stereocenters. The van der Waals surface area contributed by atoms with Gasteiger partial charge in [-0.15, -0.1) is 0 Å². The summed E-state index contributed by atoms with van der Waals surface area (Å²) in [5.41, 5.74) is 5.15. The van der Waals surface area contributed by atoms with Crippen LogP contribution in [-0.4, -0.2) is 19.8 Å². The number of ether oxygens (including phenoxy) is 2. The van der Waals surface area contributed by atoms with Crippen LogP contribution in [0.15, 0.2) is 42.5 Å². The van der Waals surface area contributed by atoms with Crippen LogP contribution in [0.5, 0.6) is 5.75 Å². The molecule has 3 heteroatoms. The van der Waals surface area contributed by atoms with Gasteiger partial charge in [0.2, 0.25) is 0 Å². The topological polar surface area (TPSA) is 30.5 Å². The van der Waals surface area contributed by atoms with Crippen molar-refractivity contribution in [2.75, 3.05) is 25.1 Å². The molecule has 23 heavy (non-hydrogen) atoms. The molecule has 3 nitrogen and oxygen atoms in total. The molecule has 0 fully saturated rings. The zero-order chi connectivity index (χ0) is 16.5. The van der Waals surface area contributed by atoms with Crippen LogP contribution in [0.25, 0.3) is 0 Å². The standard InChI is InChI=1S/C20H27NO2/c1-4-18-8-6-7-16(3)20(18)21-15-17-9-11-19(12-10-17)23-14-13-22-5-2/h6-12,21H,4-5,13-15H2,1-3H3. The number of hydrogen-bond acceptors (Lipinski definition) is 3. The van der Waals surface area contributed by atoms with E-state index in [-0.39, 0.29) is 0 Å². The van der Waals surface area contributed by atoms with E-state index in [1.165, 1.54) is 22.4 Å². The van der Waals surface area contributed by atoms with Crippen LogP contribution in [0, 0.1) is 6.92 Å². The Labute approximate surface area is 139 Å². The largest absolute Gasteiger partial charge is 0.491 e. The van der Waals surface area contributed by atoms with Crippen LogP contribution in [0.4, 0.5) is 5.69 Å². The maximum Gasteiger partial charge on any atom is 0.119 e. The molecule has 0 aliphatic rings. The highest BCUT2D eigenvalue weighted by Gasteiger charge is 2.04. The van der Waals surface area contributed by atoms with Crippen molar-refractivity contribution in [3.05, 3.63) is 59.2 Å². The maximum absolute atomic E-state index is 5.64. The van der Waals surface area contributed by atoms with Gasteiger partial charge in [0, 0.05) is 18.8 Å². The predicted octanol–water partition coefficient (Wildman–Crippen LogP) is 4.58. The SMILES string of the molecule is CCOCCOc1ccc(CNc2c(C)cccc2CC)cc1. The van der Waals surface area contributed by atoms with Crippen molar-refractivity contribution in [2.24, 2.45) is 0 Å². The van der Waals surface area contributed by atoms with Crippen molar-refractivity contribution in [3.63, 3.8) is 0 Å². The summed E-state index contributed by atoms with van der Waals surface area (Å²) in [6.45, 7) is 9.09. The average Bonchev–Trinajstić information content (AvgIpc) is 2.58. The first-order valence-corrected chi connectivity index (χ1v) is 8.36. The van der Waals surface area contributed by atoms with Crippen molar-refractivity contribution in [1.29, 1.82) is 0 Å². The second kappa shape index (κ2) is 9.21. The summed E-state index contributed by atoms with van der Waals surface area (Å²) in [5, 5.41) is 3.57. The molecule has 2 aromatic carbocycles. The van der Waals surface area contributed by atoms with E-state index in [9.17, 15) is 0 Å². The molecule has 0 saturated carbocycles. The molecular formula is C20H27NO2. The lowest BCUT2D eigenvalue weighted by atomic mass is 10.1. The van der Waals surface area contributed by atoms with E-state index in [2.05, 4.69) is 49.5 Å². The molecule has 0 saturated heterocycles. The first-order valence-electron chi connectivity index (χ1n) is 8.36. The Kier molecular flexibility index (Phi) is 6.95. The van der Waals surface area contributed by atoms with E-state index >= 15 is 0 Å². The van der Waals surface area contributed by atoms with Crippen molar-refractivity contribution in [1.82, 2.24) is 0 Å². The molecule has 124 valence electrons. The van der Waals surface area contributed by atoms with Gasteiger partial charge in [0.05, 0.1) is 6.61 Å². The second-order valence-electron chi connectivity index (χ2n) is 5.51. The van der Waals surface area contributed by atoms with E-state index in [1.807, 2.05) is 19.1 Å². The van der Waals surface area contributed by atoms with Gasteiger partial charge in [0.15, 0.2) is 0 Å². The van der Waals surface area contributed by atoms with E-state index in [0.717, 1.165) is 25.3 Å². The molecule has 0 heterocycles. The van der Waals surface area contributed by atoms with Crippen molar-refractivity contribution >= 4 is 5.69 Å². The van der Waals surface area contributed by atoms with Gasteiger partial charge < -0.3 is 14.8 Å². The smallest absolute Gasteiger partial charge is 0.119 e. The Morgan fingerprint density at radius 2 is 1.74 bits per heavy atom. The Balaban J connectivity index is 1.89. The number of hydrogen-bond donors (Lipinski definition) is 1. The van der Waals surface area contributed by atoms with E-state index in [0.29, 0.717) is 13.2 Å². The third kappa shape index (κ3) is 5.29. The van der Waals surface area contributed by atoms with Gasteiger partial charge in [-0.05, 0) is 49.1 Å². The average molecular weight is 313 g/mol. The number of benzene rings is 2. The third-order valence-corrected chi connectivity index (χ3v) is 3.83. The zero-order valence-electron chi connectivity index (χ0n) is 14.4. The first-order chi connectivity index (χ1) is 11.2. The summed E-state index contributed by atoms with van der Waals surface area (Å²) in [4.78, 5) is 0. The van der Waals surface area contributed by atoms with Crippen LogP contribution < -0.4 is 10.1 Å². The highest BCUT2D eigenvalue weighted by molar-refractivity contribution is 5.57.